The third-order valence-electron chi connectivity index (χ3n) is 5.47. The van der Waals surface area contributed by atoms with Crippen molar-refractivity contribution in [2.75, 3.05) is 4.90 Å². The maximum Gasteiger partial charge on any atom is 0.103 e. The standard InChI is InChI=1S/C22H25N3/c1-17-24(19-11-6-5-7-12-19)14-15-25(17)22(2,3)21-16-18-10-8-9-13-20(18)23(21)4/h5-17H,1-4H3/t17-/m1/s1. The fourth-order valence-electron chi connectivity index (χ4n) is 4.09. The van der Waals surface area contributed by atoms with E-state index < -0.39 is 0 Å². The molecule has 4 rings (SSSR count). The fraction of sp³-hybridized carbons (Fsp3) is 0.273. The van der Waals surface area contributed by atoms with E-state index in [1.54, 1.807) is 0 Å². The lowest BCUT2D eigenvalue weighted by molar-refractivity contribution is 0.145. The van der Waals surface area contributed by atoms with Crippen LogP contribution >= 0.6 is 0 Å². The Morgan fingerprint density at radius 3 is 2.28 bits per heavy atom. The molecule has 0 fully saturated rings. The van der Waals surface area contributed by atoms with Gasteiger partial charge in [-0.3, -0.25) is 0 Å². The van der Waals surface area contributed by atoms with Gasteiger partial charge in [0, 0.05) is 36.3 Å². The summed E-state index contributed by atoms with van der Waals surface area (Å²) in [5.41, 5.74) is 3.70. The molecule has 0 aliphatic carbocycles. The van der Waals surface area contributed by atoms with Gasteiger partial charge in [-0.2, -0.15) is 0 Å². The fourth-order valence-corrected chi connectivity index (χ4v) is 4.09. The van der Waals surface area contributed by atoms with E-state index >= 15 is 0 Å². The van der Waals surface area contributed by atoms with Crippen LogP contribution in [0.5, 0.6) is 0 Å². The predicted molar refractivity (Wildman–Crippen MR) is 105 cm³/mol. The lowest BCUT2D eigenvalue weighted by Gasteiger charge is -2.41. The first-order valence-corrected chi connectivity index (χ1v) is 8.85. The second kappa shape index (κ2) is 5.69. The van der Waals surface area contributed by atoms with Gasteiger partial charge in [0.2, 0.25) is 0 Å². The molecule has 1 aromatic heterocycles. The topological polar surface area (TPSA) is 11.4 Å². The summed E-state index contributed by atoms with van der Waals surface area (Å²) in [5.74, 6) is 0. The third-order valence-corrected chi connectivity index (χ3v) is 5.47. The molecule has 3 aromatic rings. The summed E-state index contributed by atoms with van der Waals surface area (Å²) in [7, 11) is 2.17. The Balaban J connectivity index is 1.71. The van der Waals surface area contributed by atoms with Gasteiger partial charge >= 0.3 is 0 Å². The number of nitrogens with zero attached hydrogens (tertiary/aromatic N) is 3. The van der Waals surface area contributed by atoms with E-state index in [9.17, 15) is 0 Å². The molecule has 3 heteroatoms. The number of hydrogen-bond donors (Lipinski definition) is 0. The Labute approximate surface area is 149 Å². The van der Waals surface area contributed by atoms with Gasteiger partial charge in [-0.05, 0) is 50.4 Å². The van der Waals surface area contributed by atoms with E-state index in [2.05, 4.69) is 115 Å². The number of para-hydroxylation sites is 2. The minimum Gasteiger partial charge on any atom is -0.346 e. The van der Waals surface area contributed by atoms with Crippen molar-refractivity contribution in [2.24, 2.45) is 7.05 Å². The molecule has 0 saturated carbocycles. The van der Waals surface area contributed by atoms with Crippen molar-refractivity contribution in [1.29, 1.82) is 0 Å². The summed E-state index contributed by atoms with van der Waals surface area (Å²) in [6.07, 6.45) is 4.66. The molecule has 1 atom stereocenters. The van der Waals surface area contributed by atoms with Gasteiger partial charge in [-0.25, -0.2) is 0 Å². The molecule has 0 N–H and O–H groups in total. The molecule has 1 aliphatic heterocycles. The summed E-state index contributed by atoms with van der Waals surface area (Å²) in [4.78, 5) is 4.76. The molecule has 2 heterocycles. The molecule has 3 nitrogen and oxygen atoms in total. The number of rotatable bonds is 3. The molecule has 0 saturated heterocycles. The van der Waals surface area contributed by atoms with Crippen molar-refractivity contribution in [1.82, 2.24) is 9.47 Å². The van der Waals surface area contributed by atoms with Crippen LogP contribution in [0.4, 0.5) is 5.69 Å². The number of fused-ring (bicyclic) bond motifs is 1. The minimum absolute atomic E-state index is 0.118. The maximum absolute atomic E-state index is 2.44. The molecule has 0 unspecified atom stereocenters. The van der Waals surface area contributed by atoms with Crippen LogP contribution in [0.15, 0.2) is 73.1 Å². The number of hydrogen-bond acceptors (Lipinski definition) is 2. The number of aromatic nitrogens is 1. The molecule has 1 aliphatic rings. The van der Waals surface area contributed by atoms with Gasteiger partial charge in [0.25, 0.3) is 0 Å². The molecule has 0 bridgehead atoms. The van der Waals surface area contributed by atoms with Crippen LogP contribution in [-0.2, 0) is 12.6 Å². The first-order chi connectivity index (χ1) is 12.0. The summed E-state index contributed by atoms with van der Waals surface area (Å²) in [6, 6.07) is 21.5. The maximum atomic E-state index is 2.44. The van der Waals surface area contributed by atoms with Crippen LogP contribution in [0, 0.1) is 0 Å². The molecular weight excluding hydrogens is 306 g/mol. The second-order valence-electron chi connectivity index (χ2n) is 7.29. The van der Waals surface area contributed by atoms with Crippen molar-refractivity contribution in [3.63, 3.8) is 0 Å². The van der Waals surface area contributed by atoms with E-state index in [0.717, 1.165) is 0 Å². The molecule has 25 heavy (non-hydrogen) atoms. The number of aryl methyl sites for hydroxylation is 1. The summed E-state index contributed by atoms with van der Waals surface area (Å²) in [5, 5.41) is 1.30. The smallest absolute Gasteiger partial charge is 0.103 e. The van der Waals surface area contributed by atoms with E-state index in [1.165, 1.54) is 22.3 Å². The normalized spacial score (nSPS) is 17.7. The summed E-state index contributed by atoms with van der Waals surface area (Å²) >= 11 is 0. The Morgan fingerprint density at radius 2 is 1.56 bits per heavy atom. The largest absolute Gasteiger partial charge is 0.346 e. The van der Waals surface area contributed by atoms with E-state index in [-0.39, 0.29) is 11.7 Å². The number of anilines is 1. The molecule has 0 spiro atoms. The zero-order valence-electron chi connectivity index (χ0n) is 15.3. The van der Waals surface area contributed by atoms with Crippen LogP contribution in [0.1, 0.15) is 26.5 Å². The molecule has 0 radical (unpaired) electrons. The predicted octanol–water partition coefficient (Wildman–Crippen LogP) is 5.05. The Bertz CT molecular complexity index is 921. The van der Waals surface area contributed by atoms with Gasteiger partial charge < -0.3 is 14.4 Å². The lowest BCUT2D eigenvalue weighted by Crippen LogP contribution is -2.47. The van der Waals surface area contributed by atoms with Crippen LogP contribution < -0.4 is 4.90 Å². The quantitative estimate of drug-likeness (QED) is 0.665. The first-order valence-electron chi connectivity index (χ1n) is 8.85. The average Bonchev–Trinajstić information content (AvgIpc) is 3.17. The van der Waals surface area contributed by atoms with Crippen LogP contribution in [0.25, 0.3) is 10.9 Å². The van der Waals surface area contributed by atoms with Crippen molar-refractivity contribution >= 4 is 16.6 Å². The Kier molecular flexibility index (Phi) is 3.60. The van der Waals surface area contributed by atoms with Gasteiger partial charge in [-0.1, -0.05) is 36.4 Å². The van der Waals surface area contributed by atoms with Crippen molar-refractivity contribution in [2.45, 2.75) is 32.5 Å². The van der Waals surface area contributed by atoms with Crippen LogP contribution in [-0.4, -0.2) is 15.6 Å². The van der Waals surface area contributed by atoms with Gasteiger partial charge in [0.05, 0.1) is 5.54 Å². The van der Waals surface area contributed by atoms with Gasteiger partial charge in [0.1, 0.15) is 6.17 Å². The van der Waals surface area contributed by atoms with Gasteiger partial charge in [0.15, 0.2) is 0 Å². The number of benzene rings is 2. The Morgan fingerprint density at radius 1 is 0.880 bits per heavy atom. The van der Waals surface area contributed by atoms with Gasteiger partial charge in [-0.15, -0.1) is 0 Å². The monoisotopic (exact) mass is 331 g/mol. The van der Waals surface area contributed by atoms with Crippen molar-refractivity contribution in [3.05, 3.63) is 78.8 Å². The summed E-state index contributed by atoms with van der Waals surface area (Å²) in [6.45, 7) is 6.87. The van der Waals surface area contributed by atoms with Crippen molar-refractivity contribution in [3.8, 4) is 0 Å². The zero-order chi connectivity index (χ0) is 17.6. The minimum atomic E-state index is -0.118. The van der Waals surface area contributed by atoms with Crippen LogP contribution in [0.3, 0.4) is 0 Å². The molecule has 128 valence electrons. The third kappa shape index (κ3) is 2.42. The second-order valence-corrected chi connectivity index (χ2v) is 7.29. The highest BCUT2D eigenvalue weighted by Crippen LogP contribution is 2.37. The van der Waals surface area contributed by atoms with Crippen LogP contribution in [0.2, 0.25) is 0 Å². The van der Waals surface area contributed by atoms with Crippen molar-refractivity contribution < 1.29 is 0 Å². The molecular formula is C22H25N3. The highest BCUT2D eigenvalue weighted by atomic mass is 15.4. The SMILES string of the molecule is C[C@@H]1N(c2ccccc2)C=CN1C(C)(C)c1cc2ccccc2n1C. The zero-order valence-corrected chi connectivity index (χ0v) is 15.3. The first kappa shape index (κ1) is 15.8. The lowest BCUT2D eigenvalue weighted by atomic mass is 9.97. The molecule has 2 aromatic carbocycles. The van der Waals surface area contributed by atoms with E-state index in [1.807, 2.05) is 0 Å². The van der Waals surface area contributed by atoms with E-state index in [4.69, 9.17) is 0 Å². The molecule has 0 amide bonds. The average molecular weight is 331 g/mol. The Hall–Kier alpha value is -2.68. The highest BCUT2D eigenvalue weighted by Gasteiger charge is 2.37. The highest BCUT2D eigenvalue weighted by molar-refractivity contribution is 5.81. The summed E-state index contributed by atoms with van der Waals surface area (Å²) < 4.78 is 2.32. The van der Waals surface area contributed by atoms with E-state index in [0.29, 0.717) is 0 Å².